The van der Waals surface area contributed by atoms with E-state index in [1.807, 2.05) is 0 Å². The summed E-state index contributed by atoms with van der Waals surface area (Å²) in [5.41, 5.74) is 1.33. The summed E-state index contributed by atoms with van der Waals surface area (Å²) in [5.74, 6) is -2.00. The molecule has 1 aromatic carbocycles. The molecule has 1 amide bonds. The van der Waals surface area contributed by atoms with Crippen molar-refractivity contribution >= 4 is 29.1 Å². The van der Waals surface area contributed by atoms with Crippen molar-refractivity contribution in [3.05, 3.63) is 35.9 Å². The van der Waals surface area contributed by atoms with Crippen LogP contribution in [-0.2, 0) is 19.1 Å². The number of carboxylic acid groups (broad SMARTS) is 1. The fraction of sp³-hybridized carbons (Fsp3) is 0.214. The van der Waals surface area contributed by atoms with Crippen LogP contribution in [0.25, 0.3) is 5.57 Å². The summed E-state index contributed by atoms with van der Waals surface area (Å²) in [6.07, 6.45) is 0.896. The van der Waals surface area contributed by atoms with Gasteiger partial charge in [0, 0.05) is 18.6 Å². The minimum Gasteiger partial charge on any atom is -0.478 e. The van der Waals surface area contributed by atoms with Crippen molar-refractivity contribution in [2.75, 3.05) is 18.1 Å². The molecule has 0 aliphatic carbocycles. The molecule has 0 saturated carbocycles. The van der Waals surface area contributed by atoms with Crippen LogP contribution < -0.4 is 4.90 Å². The number of nitrogens with zero attached hydrogens (tertiary/aromatic N) is 1. The zero-order valence-electron chi connectivity index (χ0n) is 10.8. The number of carboxylic acids is 1. The predicted molar refractivity (Wildman–Crippen MR) is 71.0 cm³/mol. The number of amides is 1. The predicted octanol–water partition coefficient (Wildman–Crippen LogP) is 1.06. The SMILES string of the molecule is CC(=O)OCCN1C(=O)C(=CC(=O)O)c2ccccc21. The van der Waals surface area contributed by atoms with Gasteiger partial charge in [0.05, 0.1) is 17.8 Å². The third-order valence-electron chi connectivity index (χ3n) is 2.85. The number of carbonyl (C=O) groups is 3. The number of rotatable bonds is 4. The highest BCUT2D eigenvalue weighted by Gasteiger charge is 2.32. The second-order valence-electron chi connectivity index (χ2n) is 4.21. The molecule has 2 rings (SSSR count). The quantitative estimate of drug-likeness (QED) is 0.656. The molecule has 0 spiro atoms. The lowest BCUT2D eigenvalue weighted by atomic mass is 10.1. The molecule has 0 aromatic heterocycles. The maximum absolute atomic E-state index is 12.2. The Labute approximate surface area is 115 Å². The van der Waals surface area contributed by atoms with Gasteiger partial charge in [-0.25, -0.2) is 4.79 Å². The van der Waals surface area contributed by atoms with Gasteiger partial charge in [-0.15, -0.1) is 0 Å². The van der Waals surface area contributed by atoms with Crippen LogP contribution in [0.1, 0.15) is 12.5 Å². The normalized spacial score (nSPS) is 15.3. The van der Waals surface area contributed by atoms with E-state index in [1.54, 1.807) is 24.3 Å². The van der Waals surface area contributed by atoms with Gasteiger partial charge in [-0.05, 0) is 6.07 Å². The zero-order chi connectivity index (χ0) is 14.7. The topological polar surface area (TPSA) is 83.9 Å². The smallest absolute Gasteiger partial charge is 0.329 e. The molecule has 6 nitrogen and oxygen atoms in total. The van der Waals surface area contributed by atoms with Crippen LogP contribution in [0.3, 0.4) is 0 Å². The molecule has 1 aliphatic rings. The van der Waals surface area contributed by atoms with Gasteiger partial charge in [0.2, 0.25) is 0 Å². The van der Waals surface area contributed by atoms with Crippen molar-refractivity contribution in [1.29, 1.82) is 0 Å². The van der Waals surface area contributed by atoms with Crippen molar-refractivity contribution in [2.45, 2.75) is 6.92 Å². The number of anilines is 1. The molecule has 0 bridgehead atoms. The largest absolute Gasteiger partial charge is 0.478 e. The summed E-state index contributed by atoms with van der Waals surface area (Å²) in [6.45, 7) is 1.54. The summed E-state index contributed by atoms with van der Waals surface area (Å²) >= 11 is 0. The number of carbonyl (C=O) groups excluding carboxylic acids is 2. The molecule has 1 heterocycles. The van der Waals surface area contributed by atoms with Gasteiger partial charge < -0.3 is 14.7 Å². The average Bonchev–Trinajstić information content (AvgIpc) is 2.64. The highest BCUT2D eigenvalue weighted by molar-refractivity contribution is 6.34. The maximum atomic E-state index is 12.2. The van der Waals surface area contributed by atoms with Gasteiger partial charge in [0.15, 0.2) is 0 Å². The Hall–Kier alpha value is -2.63. The molecule has 0 saturated heterocycles. The van der Waals surface area contributed by atoms with Crippen molar-refractivity contribution in [3.8, 4) is 0 Å². The molecule has 1 aromatic rings. The van der Waals surface area contributed by atoms with E-state index in [-0.39, 0.29) is 18.7 Å². The van der Waals surface area contributed by atoms with Crippen LogP contribution in [0.4, 0.5) is 5.69 Å². The third-order valence-corrected chi connectivity index (χ3v) is 2.85. The molecule has 0 radical (unpaired) electrons. The molecule has 0 unspecified atom stereocenters. The van der Waals surface area contributed by atoms with Gasteiger partial charge in [0.25, 0.3) is 5.91 Å². The highest BCUT2D eigenvalue weighted by Crippen LogP contribution is 2.36. The van der Waals surface area contributed by atoms with Crippen molar-refractivity contribution in [1.82, 2.24) is 0 Å². The van der Waals surface area contributed by atoms with Crippen LogP contribution in [0.5, 0.6) is 0 Å². The Balaban J connectivity index is 2.29. The Morgan fingerprint density at radius 2 is 2.05 bits per heavy atom. The number of fused-ring (bicyclic) bond motifs is 1. The van der Waals surface area contributed by atoms with Crippen LogP contribution in [0.2, 0.25) is 0 Å². The number of esters is 1. The molecular formula is C14H13NO5. The lowest BCUT2D eigenvalue weighted by Crippen LogP contribution is -2.30. The first-order chi connectivity index (χ1) is 9.50. The van der Waals surface area contributed by atoms with Crippen molar-refractivity contribution < 1.29 is 24.2 Å². The third kappa shape index (κ3) is 2.69. The minimum absolute atomic E-state index is 0.0652. The molecular weight excluding hydrogens is 262 g/mol. The van der Waals surface area contributed by atoms with Crippen LogP contribution >= 0.6 is 0 Å². The summed E-state index contributed by atoms with van der Waals surface area (Å²) in [7, 11) is 0. The van der Waals surface area contributed by atoms with Crippen LogP contribution in [0, 0.1) is 0 Å². The summed E-state index contributed by atoms with van der Waals surface area (Å²) in [4.78, 5) is 35.2. The van der Waals surface area contributed by atoms with E-state index in [0.29, 0.717) is 11.3 Å². The Bertz CT molecular complexity index is 605. The summed E-state index contributed by atoms with van der Waals surface area (Å²) in [5, 5.41) is 8.84. The van der Waals surface area contributed by atoms with Crippen molar-refractivity contribution in [3.63, 3.8) is 0 Å². The first-order valence-electron chi connectivity index (χ1n) is 6.00. The first kappa shape index (κ1) is 13.8. The average molecular weight is 275 g/mol. The van der Waals surface area contributed by atoms with Gasteiger partial charge in [-0.3, -0.25) is 9.59 Å². The standard InChI is InChI=1S/C14H13NO5/c1-9(16)20-7-6-15-12-5-3-2-4-10(12)11(14(15)19)8-13(17)18/h2-5,8H,6-7H2,1H3,(H,17,18). The molecule has 1 N–H and O–H groups in total. The lowest BCUT2D eigenvalue weighted by molar-refractivity contribution is -0.140. The Morgan fingerprint density at radius 1 is 1.35 bits per heavy atom. The van der Waals surface area contributed by atoms with Gasteiger partial charge in [0.1, 0.15) is 6.61 Å². The molecule has 1 aliphatic heterocycles. The fourth-order valence-corrected chi connectivity index (χ4v) is 2.07. The van der Waals surface area contributed by atoms with Gasteiger partial charge in [-0.2, -0.15) is 0 Å². The van der Waals surface area contributed by atoms with E-state index in [9.17, 15) is 14.4 Å². The van der Waals surface area contributed by atoms with E-state index in [0.717, 1.165) is 6.08 Å². The van der Waals surface area contributed by atoms with E-state index >= 15 is 0 Å². The number of aliphatic carboxylic acids is 1. The molecule has 20 heavy (non-hydrogen) atoms. The summed E-state index contributed by atoms with van der Waals surface area (Å²) < 4.78 is 4.81. The summed E-state index contributed by atoms with van der Waals surface area (Å²) in [6, 6.07) is 6.91. The maximum Gasteiger partial charge on any atom is 0.329 e. The highest BCUT2D eigenvalue weighted by atomic mass is 16.5. The van der Waals surface area contributed by atoms with E-state index in [4.69, 9.17) is 9.84 Å². The lowest BCUT2D eigenvalue weighted by Gasteiger charge is -2.16. The number of hydrogen-bond donors (Lipinski definition) is 1. The number of benzene rings is 1. The Kier molecular flexibility index (Phi) is 3.84. The van der Waals surface area contributed by atoms with Gasteiger partial charge in [-0.1, -0.05) is 18.2 Å². The number of ether oxygens (including phenoxy) is 1. The van der Waals surface area contributed by atoms with E-state index in [2.05, 4.69) is 0 Å². The zero-order valence-corrected chi connectivity index (χ0v) is 10.8. The van der Waals surface area contributed by atoms with Crippen molar-refractivity contribution in [2.24, 2.45) is 0 Å². The fourth-order valence-electron chi connectivity index (χ4n) is 2.07. The second-order valence-corrected chi connectivity index (χ2v) is 4.21. The molecule has 0 fully saturated rings. The molecule has 6 heteroatoms. The van der Waals surface area contributed by atoms with Crippen LogP contribution in [0.15, 0.2) is 30.3 Å². The Morgan fingerprint density at radius 3 is 2.70 bits per heavy atom. The van der Waals surface area contributed by atoms with E-state index in [1.165, 1.54) is 11.8 Å². The molecule has 0 atom stereocenters. The first-order valence-corrected chi connectivity index (χ1v) is 6.00. The molecule has 104 valence electrons. The van der Waals surface area contributed by atoms with E-state index < -0.39 is 17.8 Å². The van der Waals surface area contributed by atoms with Crippen LogP contribution in [-0.4, -0.2) is 36.1 Å². The number of hydrogen-bond acceptors (Lipinski definition) is 4. The van der Waals surface area contributed by atoms with Gasteiger partial charge >= 0.3 is 11.9 Å². The second kappa shape index (κ2) is 5.56. The monoisotopic (exact) mass is 275 g/mol. The number of para-hydroxylation sites is 1. The minimum atomic E-state index is -1.18.